The van der Waals surface area contributed by atoms with Crippen LogP contribution in [0.25, 0.3) is 11.8 Å². The van der Waals surface area contributed by atoms with E-state index >= 15 is 0 Å². The standard InChI is InChI=1S/C34H33ClN2O5S/c1-6-40-33(39)29-30(22-10-8-7-9-11-22)36-34-37(31(29)23-12-15-26(16-13-23)41-20(2)3)32(38)28(43-34)19-24-18-25(35)14-17-27(24)42-21(4)5/h7-21,31H,6H2,1-5H3/b28-19-/t31-/m0/s1. The maximum absolute atomic E-state index is 14.2. The first kappa shape index (κ1) is 30.3. The van der Waals surface area contributed by atoms with Gasteiger partial charge in [0.05, 0.1) is 40.7 Å². The van der Waals surface area contributed by atoms with E-state index in [2.05, 4.69) is 0 Å². The Morgan fingerprint density at radius 2 is 1.70 bits per heavy atom. The molecule has 0 saturated carbocycles. The predicted octanol–water partition coefficient (Wildman–Crippen LogP) is 6.16. The number of hydrogen-bond donors (Lipinski definition) is 0. The summed E-state index contributed by atoms with van der Waals surface area (Å²) in [4.78, 5) is 33.2. The van der Waals surface area contributed by atoms with Gasteiger partial charge < -0.3 is 14.2 Å². The monoisotopic (exact) mass is 616 g/mol. The Balaban J connectivity index is 1.79. The van der Waals surface area contributed by atoms with Gasteiger partial charge in [-0.3, -0.25) is 9.36 Å². The quantitative estimate of drug-likeness (QED) is 0.210. The molecule has 0 saturated heterocycles. The molecular formula is C34H33ClN2O5S. The van der Waals surface area contributed by atoms with Crippen LogP contribution in [-0.2, 0) is 9.53 Å². The number of aromatic nitrogens is 1. The summed E-state index contributed by atoms with van der Waals surface area (Å²) in [5, 5.41) is 0.521. The fourth-order valence-electron chi connectivity index (χ4n) is 4.89. The summed E-state index contributed by atoms with van der Waals surface area (Å²) in [5.74, 6) is 0.767. The van der Waals surface area contributed by atoms with Crippen molar-refractivity contribution >= 4 is 40.7 Å². The van der Waals surface area contributed by atoms with Crippen LogP contribution in [-0.4, -0.2) is 29.4 Å². The molecule has 1 aliphatic heterocycles. The van der Waals surface area contributed by atoms with Gasteiger partial charge in [-0.15, -0.1) is 0 Å². The number of ether oxygens (including phenoxy) is 3. The van der Waals surface area contributed by atoms with Crippen LogP contribution in [0, 0.1) is 0 Å². The van der Waals surface area contributed by atoms with Crippen molar-refractivity contribution in [3.8, 4) is 11.5 Å². The van der Waals surface area contributed by atoms with E-state index in [4.69, 9.17) is 30.8 Å². The Labute approximate surface area is 259 Å². The average Bonchev–Trinajstić information content (AvgIpc) is 3.28. The lowest BCUT2D eigenvalue weighted by molar-refractivity contribution is -0.138. The van der Waals surface area contributed by atoms with E-state index in [1.807, 2.05) is 82.3 Å². The second-order valence-electron chi connectivity index (χ2n) is 10.5. The normalized spacial score (nSPS) is 15.0. The number of halogens is 1. The molecule has 0 amide bonds. The molecule has 5 rings (SSSR count). The second kappa shape index (κ2) is 13.0. The van der Waals surface area contributed by atoms with Crippen LogP contribution in [0.5, 0.6) is 11.5 Å². The van der Waals surface area contributed by atoms with E-state index in [1.165, 1.54) is 11.3 Å². The highest BCUT2D eigenvalue weighted by molar-refractivity contribution is 7.07. The molecule has 0 spiro atoms. The molecule has 7 nitrogen and oxygen atoms in total. The molecule has 3 aromatic carbocycles. The minimum Gasteiger partial charge on any atom is -0.491 e. The minimum atomic E-state index is -0.786. The molecule has 2 heterocycles. The van der Waals surface area contributed by atoms with Gasteiger partial charge in [-0.2, -0.15) is 0 Å². The largest absolute Gasteiger partial charge is 0.491 e. The van der Waals surface area contributed by atoms with Crippen LogP contribution >= 0.6 is 22.9 Å². The second-order valence-corrected chi connectivity index (χ2v) is 12.0. The van der Waals surface area contributed by atoms with Crippen molar-refractivity contribution < 1.29 is 19.0 Å². The van der Waals surface area contributed by atoms with Crippen molar-refractivity contribution in [2.45, 2.75) is 52.9 Å². The Kier molecular flexibility index (Phi) is 9.18. The van der Waals surface area contributed by atoms with Crippen molar-refractivity contribution in [1.29, 1.82) is 0 Å². The zero-order valence-electron chi connectivity index (χ0n) is 24.7. The highest BCUT2D eigenvalue weighted by Crippen LogP contribution is 2.36. The summed E-state index contributed by atoms with van der Waals surface area (Å²) in [5.41, 5.74) is 2.60. The van der Waals surface area contributed by atoms with E-state index in [1.54, 1.807) is 35.8 Å². The molecular weight excluding hydrogens is 584 g/mol. The van der Waals surface area contributed by atoms with Crippen molar-refractivity contribution in [2.75, 3.05) is 6.61 Å². The Hall–Kier alpha value is -4.14. The van der Waals surface area contributed by atoms with Gasteiger partial charge in [0.25, 0.3) is 5.56 Å². The zero-order chi connectivity index (χ0) is 30.7. The van der Waals surface area contributed by atoms with Gasteiger partial charge >= 0.3 is 5.97 Å². The first-order valence-corrected chi connectivity index (χ1v) is 15.4. The highest BCUT2D eigenvalue weighted by Gasteiger charge is 2.35. The van der Waals surface area contributed by atoms with E-state index < -0.39 is 12.0 Å². The van der Waals surface area contributed by atoms with Crippen LogP contribution in [0.4, 0.5) is 0 Å². The summed E-state index contributed by atoms with van der Waals surface area (Å²) >= 11 is 7.58. The molecule has 222 valence electrons. The summed E-state index contributed by atoms with van der Waals surface area (Å²) in [6.45, 7) is 9.71. The van der Waals surface area contributed by atoms with Gasteiger partial charge in [0.15, 0.2) is 4.80 Å². The maximum Gasteiger partial charge on any atom is 0.338 e. The zero-order valence-corrected chi connectivity index (χ0v) is 26.2. The molecule has 43 heavy (non-hydrogen) atoms. The van der Waals surface area contributed by atoms with Gasteiger partial charge in [-0.05, 0) is 76.6 Å². The van der Waals surface area contributed by atoms with Gasteiger partial charge in [0.1, 0.15) is 11.5 Å². The summed E-state index contributed by atoms with van der Waals surface area (Å²) in [7, 11) is 0. The average molecular weight is 617 g/mol. The number of nitrogens with zero attached hydrogens (tertiary/aromatic N) is 2. The molecule has 1 aliphatic rings. The van der Waals surface area contributed by atoms with Crippen molar-refractivity contribution in [1.82, 2.24) is 4.57 Å². The highest BCUT2D eigenvalue weighted by atomic mass is 35.5. The molecule has 0 fully saturated rings. The lowest BCUT2D eigenvalue weighted by Gasteiger charge is -2.26. The minimum absolute atomic E-state index is 0.000694. The van der Waals surface area contributed by atoms with Crippen LogP contribution in [0.1, 0.15) is 57.4 Å². The Bertz CT molecular complexity index is 1840. The third kappa shape index (κ3) is 6.60. The third-order valence-corrected chi connectivity index (χ3v) is 7.78. The van der Waals surface area contributed by atoms with Crippen molar-refractivity contribution in [2.24, 2.45) is 4.99 Å². The van der Waals surface area contributed by atoms with Gasteiger partial charge in [-0.25, -0.2) is 9.79 Å². The summed E-state index contributed by atoms with van der Waals surface area (Å²) in [6, 6.07) is 21.4. The number of thiazole rings is 1. The van der Waals surface area contributed by atoms with Gasteiger partial charge in [0.2, 0.25) is 0 Å². The number of hydrogen-bond acceptors (Lipinski definition) is 7. The SMILES string of the molecule is CCOC(=O)C1=C(c2ccccc2)N=c2s/c(=C\c3cc(Cl)ccc3OC(C)C)c(=O)n2[C@H]1c1ccc(OC(C)C)cc1. The lowest BCUT2D eigenvalue weighted by Crippen LogP contribution is -2.40. The lowest BCUT2D eigenvalue weighted by atomic mass is 9.93. The van der Waals surface area contributed by atoms with Crippen molar-refractivity contribution in [3.05, 3.63) is 120 Å². The van der Waals surface area contributed by atoms with E-state index in [0.717, 1.165) is 11.1 Å². The van der Waals surface area contributed by atoms with E-state index in [0.29, 0.717) is 37.1 Å². The number of esters is 1. The van der Waals surface area contributed by atoms with Gasteiger partial charge in [-0.1, -0.05) is 65.4 Å². The Morgan fingerprint density at radius 1 is 1.00 bits per heavy atom. The molecule has 1 aromatic heterocycles. The van der Waals surface area contributed by atoms with Crippen LogP contribution in [0.15, 0.2) is 88.2 Å². The third-order valence-electron chi connectivity index (χ3n) is 6.56. The molecule has 9 heteroatoms. The van der Waals surface area contributed by atoms with Crippen LogP contribution in [0.2, 0.25) is 5.02 Å². The van der Waals surface area contributed by atoms with Crippen LogP contribution in [0.3, 0.4) is 0 Å². The molecule has 0 bridgehead atoms. The maximum atomic E-state index is 14.2. The molecule has 0 aliphatic carbocycles. The first-order valence-electron chi connectivity index (χ1n) is 14.2. The number of benzene rings is 3. The molecule has 0 unspecified atom stereocenters. The smallest absolute Gasteiger partial charge is 0.338 e. The van der Waals surface area contributed by atoms with E-state index in [-0.39, 0.29) is 29.9 Å². The summed E-state index contributed by atoms with van der Waals surface area (Å²) in [6.07, 6.45) is 1.69. The summed E-state index contributed by atoms with van der Waals surface area (Å²) < 4.78 is 19.4. The number of rotatable bonds is 9. The van der Waals surface area contributed by atoms with E-state index in [9.17, 15) is 9.59 Å². The predicted molar refractivity (Wildman–Crippen MR) is 170 cm³/mol. The first-order chi connectivity index (χ1) is 20.7. The van der Waals surface area contributed by atoms with Crippen LogP contribution < -0.4 is 24.4 Å². The molecule has 1 atom stereocenters. The fourth-order valence-corrected chi connectivity index (χ4v) is 6.06. The molecule has 0 N–H and O–H groups in total. The number of carbonyl (C=O) groups is 1. The fraction of sp³-hybridized carbons (Fsp3) is 0.265. The molecule has 4 aromatic rings. The topological polar surface area (TPSA) is 79.1 Å². The Morgan fingerprint density at radius 3 is 2.35 bits per heavy atom. The molecule has 0 radical (unpaired) electrons. The number of carbonyl (C=O) groups excluding carboxylic acids is 1. The van der Waals surface area contributed by atoms with Crippen molar-refractivity contribution in [3.63, 3.8) is 0 Å². The van der Waals surface area contributed by atoms with Gasteiger partial charge in [0, 0.05) is 16.1 Å². The number of fused-ring (bicyclic) bond motifs is 1.